The average molecular weight is 390 g/mol. The fraction of sp³-hybridized carbons (Fsp3) is 0.286. The van der Waals surface area contributed by atoms with Gasteiger partial charge in [0.1, 0.15) is 18.0 Å². The number of aryl methyl sites for hydroxylation is 1. The van der Waals surface area contributed by atoms with E-state index in [1.807, 2.05) is 45.0 Å². The van der Waals surface area contributed by atoms with Crippen LogP contribution in [0.4, 0.5) is 13.2 Å². The van der Waals surface area contributed by atoms with E-state index in [0.29, 0.717) is 11.4 Å². The molecule has 0 N–H and O–H groups in total. The summed E-state index contributed by atoms with van der Waals surface area (Å²) in [5, 5.41) is 4.32. The highest BCUT2D eigenvalue weighted by Gasteiger charge is 2.32. The number of halogens is 3. The highest BCUT2D eigenvalue weighted by molar-refractivity contribution is 5.48. The smallest absolute Gasteiger partial charge is 0.487 e. The third kappa shape index (κ3) is 4.65. The molecule has 4 nitrogen and oxygen atoms in total. The van der Waals surface area contributed by atoms with Gasteiger partial charge >= 0.3 is 6.36 Å². The number of hydrogen-bond donors (Lipinski definition) is 0. The van der Waals surface area contributed by atoms with E-state index < -0.39 is 6.36 Å². The molecule has 0 spiro atoms. The lowest BCUT2D eigenvalue weighted by molar-refractivity contribution is -0.274. The molecule has 1 aromatic heterocycles. The number of rotatable bonds is 6. The SMILES string of the molecule is Cc1cccc(OCc2c(C(C)C)cnn2-c2ccccc2OC(F)(F)F)c1. The molecule has 148 valence electrons. The van der Waals surface area contributed by atoms with Crippen molar-refractivity contribution in [2.45, 2.75) is 39.7 Å². The monoisotopic (exact) mass is 390 g/mol. The third-order valence-electron chi connectivity index (χ3n) is 4.21. The Kier molecular flexibility index (Phi) is 5.63. The quantitative estimate of drug-likeness (QED) is 0.535. The summed E-state index contributed by atoms with van der Waals surface area (Å²) in [5.41, 5.74) is 2.83. The second-order valence-corrected chi connectivity index (χ2v) is 6.73. The van der Waals surface area contributed by atoms with Crippen LogP contribution in [0.5, 0.6) is 11.5 Å². The molecule has 0 atom stereocenters. The van der Waals surface area contributed by atoms with E-state index in [0.717, 1.165) is 11.1 Å². The molecule has 0 fully saturated rings. The van der Waals surface area contributed by atoms with Crippen LogP contribution in [0.2, 0.25) is 0 Å². The lowest BCUT2D eigenvalue weighted by Gasteiger charge is -2.16. The van der Waals surface area contributed by atoms with E-state index in [1.54, 1.807) is 12.3 Å². The zero-order valence-electron chi connectivity index (χ0n) is 15.8. The number of benzene rings is 2. The van der Waals surface area contributed by atoms with Crippen LogP contribution in [-0.2, 0) is 6.61 Å². The minimum Gasteiger partial charge on any atom is -0.487 e. The molecule has 3 rings (SSSR count). The molecule has 0 aliphatic heterocycles. The fourth-order valence-electron chi connectivity index (χ4n) is 2.92. The summed E-state index contributed by atoms with van der Waals surface area (Å²) in [6, 6.07) is 13.5. The first kappa shape index (κ1) is 19.8. The Morgan fingerprint density at radius 2 is 1.82 bits per heavy atom. The van der Waals surface area contributed by atoms with Gasteiger partial charge in [-0.3, -0.25) is 0 Å². The molecule has 0 saturated heterocycles. The Morgan fingerprint density at radius 3 is 2.50 bits per heavy atom. The lowest BCUT2D eigenvalue weighted by atomic mass is 10.0. The predicted octanol–water partition coefficient (Wildman–Crippen LogP) is 5.78. The molecule has 0 aliphatic carbocycles. The van der Waals surface area contributed by atoms with Crippen LogP contribution in [0.15, 0.2) is 54.7 Å². The number of ether oxygens (including phenoxy) is 2. The largest absolute Gasteiger partial charge is 0.573 e. The molecule has 0 unspecified atom stereocenters. The second kappa shape index (κ2) is 7.96. The van der Waals surface area contributed by atoms with Crippen LogP contribution in [0.1, 0.15) is 36.6 Å². The van der Waals surface area contributed by atoms with Crippen LogP contribution >= 0.6 is 0 Å². The van der Waals surface area contributed by atoms with Gasteiger partial charge in [-0.15, -0.1) is 13.2 Å². The Morgan fingerprint density at radius 1 is 1.07 bits per heavy atom. The maximum Gasteiger partial charge on any atom is 0.573 e. The average Bonchev–Trinajstić information content (AvgIpc) is 3.03. The zero-order chi connectivity index (χ0) is 20.3. The van der Waals surface area contributed by atoms with Gasteiger partial charge in [0.15, 0.2) is 5.75 Å². The summed E-state index contributed by atoms with van der Waals surface area (Å²) in [5.74, 6) is 0.494. The van der Waals surface area contributed by atoms with Gasteiger partial charge in [0, 0.05) is 0 Å². The van der Waals surface area contributed by atoms with Crippen LogP contribution in [0.25, 0.3) is 5.69 Å². The fourth-order valence-corrected chi connectivity index (χ4v) is 2.92. The molecule has 1 heterocycles. The first-order valence-corrected chi connectivity index (χ1v) is 8.86. The first-order chi connectivity index (χ1) is 13.2. The number of nitrogens with zero attached hydrogens (tertiary/aromatic N) is 2. The number of para-hydroxylation sites is 2. The number of aromatic nitrogens is 2. The maximum absolute atomic E-state index is 12.8. The van der Waals surface area contributed by atoms with Crippen LogP contribution in [-0.4, -0.2) is 16.1 Å². The molecule has 28 heavy (non-hydrogen) atoms. The Hall–Kier alpha value is -2.96. The van der Waals surface area contributed by atoms with Crippen molar-refractivity contribution in [3.05, 3.63) is 71.5 Å². The van der Waals surface area contributed by atoms with Gasteiger partial charge in [-0.05, 0) is 48.2 Å². The summed E-state index contributed by atoms with van der Waals surface area (Å²) >= 11 is 0. The van der Waals surface area contributed by atoms with Gasteiger partial charge in [0.05, 0.1) is 11.9 Å². The van der Waals surface area contributed by atoms with E-state index >= 15 is 0 Å². The molecule has 3 aromatic rings. The van der Waals surface area contributed by atoms with E-state index in [1.165, 1.54) is 22.9 Å². The van der Waals surface area contributed by atoms with Gasteiger partial charge in [-0.1, -0.05) is 38.1 Å². The van der Waals surface area contributed by atoms with Crippen molar-refractivity contribution < 1.29 is 22.6 Å². The number of hydrogen-bond acceptors (Lipinski definition) is 3. The minimum absolute atomic E-state index is 0.126. The second-order valence-electron chi connectivity index (χ2n) is 6.73. The summed E-state index contributed by atoms with van der Waals surface area (Å²) < 4.78 is 49.9. The molecule has 7 heteroatoms. The molecule has 0 amide bonds. The van der Waals surface area contributed by atoms with Crippen LogP contribution < -0.4 is 9.47 Å². The molecule has 0 bridgehead atoms. The Labute approximate surface area is 161 Å². The molecule has 2 aromatic carbocycles. The van der Waals surface area contributed by atoms with E-state index in [-0.39, 0.29) is 24.0 Å². The molecule has 0 radical (unpaired) electrons. The van der Waals surface area contributed by atoms with Crippen molar-refractivity contribution >= 4 is 0 Å². The highest BCUT2D eigenvalue weighted by atomic mass is 19.4. The number of alkyl halides is 3. The van der Waals surface area contributed by atoms with Crippen molar-refractivity contribution in [3.8, 4) is 17.2 Å². The molecule has 0 aliphatic rings. The van der Waals surface area contributed by atoms with Crippen LogP contribution in [0.3, 0.4) is 0 Å². The minimum atomic E-state index is -4.79. The van der Waals surface area contributed by atoms with Crippen molar-refractivity contribution in [2.75, 3.05) is 0 Å². The zero-order valence-corrected chi connectivity index (χ0v) is 15.8. The highest BCUT2D eigenvalue weighted by Crippen LogP contribution is 2.31. The van der Waals surface area contributed by atoms with Crippen molar-refractivity contribution in [1.82, 2.24) is 9.78 Å². The lowest BCUT2D eigenvalue weighted by Crippen LogP contribution is -2.19. The molecular formula is C21H21F3N2O2. The van der Waals surface area contributed by atoms with Gasteiger partial charge < -0.3 is 9.47 Å². The van der Waals surface area contributed by atoms with Crippen LogP contribution in [0, 0.1) is 6.92 Å². The normalized spacial score (nSPS) is 11.7. The standard InChI is InChI=1S/C21H21F3N2O2/c1-14(2)17-12-25-26(18-9-4-5-10-20(18)28-21(22,23)24)19(17)13-27-16-8-6-7-15(3)11-16/h4-12,14H,13H2,1-3H3. The van der Waals surface area contributed by atoms with Gasteiger partial charge in [0.2, 0.25) is 0 Å². The van der Waals surface area contributed by atoms with Crippen molar-refractivity contribution in [2.24, 2.45) is 0 Å². The van der Waals surface area contributed by atoms with Gasteiger partial charge in [-0.25, -0.2) is 4.68 Å². The first-order valence-electron chi connectivity index (χ1n) is 8.86. The molecular weight excluding hydrogens is 369 g/mol. The predicted molar refractivity (Wildman–Crippen MR) is 99.8 cm³/mol. The van der Waals surface area contributed by atoms with E-state index in [2.05, 4.69) is 9.84 Å². The summed E-state index contributed by atoms with van der Waals surface area (Å²) in [6.07, 6.45) is -3.13. The summed E-state index contributed by atoms with van der Waals surface area (Å²) in [7, 11) is 0. The van der Waals surface area contributed by atoms with Crippen molar-refractivity contribution in [3.63, 3.8) is 0 Å². The maximum atomic E-state index is 12.8. The van der Waals surface area contributed by atoms with Gasteiger partial charge in [-0.2, -0.15) is 5.10 Å². The topological polar surface area (TPSA) is 36.3 Å². The van der Waals surface area contributed by atoms with Crippen molar-refractivity contribution in [1.29, 1.82) is 0 Å². The van der Waals surface area contributed by atoms with E-state index in [9.17, 15) is 13.2 Å². The third-order valence-corrected chi connectivity index (χ3v) is 4.21. The van der Waals surface area contributed by atoms with Gasteiger partial charge in [0.25, 0.3) is 0 Å². The van der Waals surface area contributed by atoms with E-state index in [4.69, 9.17) is 4.74 Å². The Bertz CT molecular complexity index is 949. The Balaban J connectivity index is 1.99. The summed E-state index contributed by atoms with van der Waals surface area (Å²) in [6.45, 7) is 6.12. The summed E-state index contributed by atoms with van der Waals surface area (Å²) in [4.78, 5) is 0. The molecule has 0 saturated carbocycles.